The Labute approximate surface area is 117 Å². The summed E-state index contributed by atoms with van der Waals surface area (Å²) in [6.07, 6.45) is 5.09. The molecule has 2 nitrogen and oxygen atoms in total. The second-order valence-electron chi connectivity index (χ2n) is 6.31. The zero-order chi connectivity index (χ0) is 13.9. The molecule has 1 atom stereocenters. The monoisotopic (exact) mass is 261 g/mol. The molecule has 0 amide bonds. The van der Waals surface area contributed by atoms with E-state index < -0.39 is 0 Å². The van der Waals surface area contributed by atoms with Gasteiger partial charge in [-0.25, -0.2) is 0 Å². The smallest absolute Gasteiger partial charge is 0.0640 e. The number of benzene rings is 1. The molecule has 1 N–H and O–H groups in total. The van der Waals surface area contributed by atoms with E-state index in [0.717, 1.165) is 12.3 Å². The summed E-state index contributed by atoms with van der Waals surface area (Å²) in [4.78, 5) is 0. The van der Waals surface area contributed by atoms with Crippen molar-refractivity contribution in [3.63, 3.8) is 0 Å². The summed E-state index contributed by atoms with van der Waals surface area (Å²) in [5.74, 6) is 0.799. The van der Waals surface area contributed by atoms with E-state index in [1.165, 1.54) is 30.4 Å². The van der Waals surface area contributed by atoms with Gasteiger partial charge in [-0.05, 0) is 57.2 Å². The summed E-state index contributed by atoms with van der Waals surface area (Å²) in [6, 6.07) is 9.45. The maximum absolute atomic E-state index is 5.56. The minimum atomic E-state index is -0.0971. The van der Waals surface area contributed by atoms with Crippen molar-refractivity contribution in [1.29, 1.82) is 0 Å². The molecule has 1 aliphatic rings. The van der Waals surface area contributed by atoms with E-state index in [9.17, 15) is 0 Å². The van der Waals surface area contributed by atoms with Crippen molar-refractivity contribution >= 4 is 0 Å². The van der Waals surface area contributed by atoms with Crippen LogP contribution < -0.4 is 5.32 Å². The average Bonchev–Trinajstić information content (AvgIpc) is 2.34. The molecule has 1 aromatic carbocycles. The predicted molar refractivity (Wildman–Crippen MR) is 80.5 cm³/mol. The molecule has 19 heavy (non-hydrogen) atoms. The van der Waals surface area contributed by atoms with E-state index in [2.05, 4.69) is 43.4 Å². The Balaban J connectivity index is 2.13. The fourth-order valence-electron chi connectivity index (χ4n) is 2.73. The molecule has 0 bridgehead atoms. The lowest BCUT2D eigenvalue weighted by molar-refractivity contribution is 0.00743. The molecular weight excluding hydrogens is 234 g/mol. The van der Waals surface area contributed by atoms with Gasteiger partial charge in [0, 0.05) is 13.2 Å². The van der Waals surface area contributed by atoms with Crippen LogP contribution in [0.4, 0.5) is 0 Å². The lowest BCUT2D eigenvalue weighted by atomic mass is 9.79. The van der Waals surface area contributed by atoms with E-state index in [-0.39, 0.29) is 5.60 Å². The van der Waals surface area contributed by atoms with Gasteiger partial charge in [-0.2, -0.15) is 0 Å². The van der Waals surface area contributed by atoms with Crippen molar-refractivity contribution in [3.05, 3.63) is 35.4 Å². The highest BCUT2D eigenvalue weighted by Gasteiger charge is 2.24. The third-order valence-corrected chi connectivity index (χ3v) is 4.49. The van der Waals surface area contributed by atoms with Crippen LogP contribution in [0, 0.1) is 0 Å². The number of rotatable bonds is 6. The quantitative estimate of drug-likeness (QED) is 0.834. The largest absolute Gasteiger partial charge is 0.379 e. The highest BCUT2D eigenvalue weighted by Crippen LogP contribution is 2.37. The molecule has 0 spiro atoms. The van der Waals surface area contributed by atoms with Gasteiger partial charge in [0.05, 0.1) is 5.60 Å². The van der Waals surface area contributed by atoms with Gasteiger partial charge in [-0.15, -0.1) is 0 Å². The van der Waals surface area contributed by atoms with Crippen molar-refractivity contribution in [3.8, 4) is 0 Å². The molecule has 106 valence electrons. The number of ether oxygens (including phenoxy) is 1. The predicted octanol–water partition coefficient (Wildman–Crippen LogP) is 4.03. The maximum atomic E-state index is 5.56. The summed E-state index contributed by atoms with van der Waals surface area (Å²) in [5.41, 5.74) is 2.80. The molecule has 0 saturated heterocycles. The Kier molecular flexibility index (Phi) is 4.64. The Hall–Kier alpha value is -0.860. The van der Waals surface area contributed by atoms with Crippen molar-refractivity contribution in [2.45, 2.75) is 57.1 Å². The first kappa shape index (κ1) is 14.5. The lowest BCUT2D eigenvalue weighted by Gasteiger charge is -2.30. The van der Waals surface area contributed by atoms with Crippen LogP contribution in [0.5, 0.6) is 0 Å². The molecular formula is C17H27NO. The first-order valence-corrected chi connectivity index (χ1v) is 7.38. The minimum Gasteiger partial charge on any atom is -0.379 e. The van der Waals surface area contributed by atoms with Crippen LogP contribution in [0.15, 0.2) is 24.3 Å². The first-order chi connectivity index (χ1) is 9.05. The minimum absolute atomic E-state index is 0.0971. The summed E-state index contributed by atoms with van der Waals surface area (Å²) in [6.45, 7) is 4.29. The molecule has 1 aromatic rings. The van der Waals surface area contributed by atoms with Gasteiger partial charge in [-0.1, -0.05) is 30.7 Å². The number of nitrogens with one attached hydrogen (secondary N) is 1. The van der Waals surface area contributed by atoms with Crippen molar-refractivity contribution in [1.82, 2.24) is 5.32 Å². The Bertz CT molecular complexity index is 409. The Morgan fingerprint density at radius 1 is 1.37 bits per heavy atom. The molecule has 1 aliphatic carbocycles. The van der Waals surface area contributed by atoms with Crippen molar-refractivity contribution < 1.29 is 4.74 Å². The van der Waals surface area contributed by atoms with Gasteiger partial charge < -0.3 is 10.1 Å². The van der Waals surface area contributed by atoms with Crippen LogP contribution in [0.2, 0.25) is 0 Å². The van der Waals surface area contributed by atoms with Crippen LogP contribution in [0.3, 0.4) is 0 Å². The zero-order valence-electron chi connectivity index (χ0n) is 12.7. The fraction of sp³-hybridized carbons (Fsp3) is 0.647. The third kappa shape index (κ3) is 3.58. The van der Waals surface area contributed by atoms with Crippen LogP contribution in [-0.2, 0) is 4.74 Å². The van der Waals surface area contributed by atoms with Crippen LogP contribution in [-0.4, -0.2) is 19.8 Å². The molecule has 0 heterocycles. The Morgan fingerprint density at radius 3 is 2.63 bits per heavy atom. The van der Waals surface area contributed by atoms with E-state index in [0.29, 0.717) is 6.04 Å². The van der Waals surface area contributed by atoms with Crippen LogP contribution >= 0.6 is 0 Å². The van der Waals surface area contributed by atoms with E-state index >= 15 is 0 Å². The highest BCUT2D eigenvalue weighted by molar-refractivity contribution is 5.30. The Morgan fingerprint density at radius 2 is 2.11 bits per heavy atom. The van der Waals surface area contributed by atoms with Gasteiger partial charge in [0.1, 0.15) is 0 Å². The number of hydrogen-bond acceptors (Lipinski definition) is 2. The molecule has 0 radical (unpaired) electrons. The fourth-order valence-corrected chi connectivity index (χ4v) is 2.73. The zero-order valence-corrected chi connectivity index (χ0v) is 12.7. The standard InChI is InChI=1S/C17H27NO/c1-17(2,19-4)12-16(18-3)15-10-6-9-14(11-15)13-7-5-8-13/h6,9-11,13,16,18H,5,7-8,12H2,1-4H3. The number of hydrogen-bond donors (Lipinski definition) is 1. The normalized spacial score (nSPS) is 18.1. The van der Waals surface area contributed by atoms with E-state index in [1.54, 1.807) is 7.11 Å². The summed E-state index contributed by atoms with van der Waals surface area (Å²) in [7, 11) is 3.82. The van der Waals surface area contributed by atoms with E-state index in [4.69, 9.17) is 4.74 Å². The molecule has 1 fully saturated rings. The van der Waals surface area contributed by atoms with Crippen LogP contribution in [0.25, 0.3) is 0 Å². The molecule has 0 aliphatic heterocycles. The maximum Gasteiger partial charge on any atom is 0.0640 e. The SMILES string of the molecule is CNC(CC(C)(C)OC)c1cccc(C2CCC2)c1. The second-order valence-corrected chi connectivity index (χ2v) is 6.31. The molecule has 2 rings (SSSR count). The number of methoxy groups -OCH3 is 1. The summed E-state index contributed by atoms with van der Waals surface area (Å²) < 4.78 is 5.56. The highest BCUT2D eigenvalue weighted by atomic mass is 16.5. The van der Waals surface area contributed by atoms with Gasteiger partial charge in [-0.3, -0.25) is 0 Å². The average molecular weight is 261 g/mol. The summed E-state index contributed by atoms with van der Waals surface area (Å²) in [5, 5.41) is 3.43. The second kappa shape index (κ2) is 6.06. The van der Waals surface area contributed by atoms with Crippen LogP contribution in [0.1, 0.15) is 62.6 Å². The molecule has 1 saturated carbocycles. The van der Waals surface area contributed by atoms with Crippen molar-refractivity contribution in [2.75, 3.05) is 14.2 Å². The molecule has 0 aromatic heterocycles. The van der Waals surface area contributed by atoms with Crippen molar-refractivity contribution in [2.24, 2.45) is 0 Å². The topological polar surface area (TPSA) is 21.3 Å². The van der Waals surface area contributed by atoms with Gasteiger partial charge >= 0.3 is 0 Å². The third-order valence-electron chi connectivity index (χ3n) is 4.49. The van der Waals surface area contributed by atoms with E-state index in [1.807, 2.05) is 7.05 Å². The van der Waals surface area contributed by atoms with Gasteiger partial charge in [0.25, 0.3) is 0 Å². The summed E-state index contributed by atoms with van der Waals surface area (Å²) >= 11 is 0. The van der Waals surface area contributed by atoms with Gasteiger partial charge in [0.15, 0.2) is 0 Å². The first-order valence-electron chi connectivity index (χ1n) is 7.38. The lowest BCUT2D eigenvalue weighted by Crippen LogP contribution is -2.30. The van der Waals surface area contributed by atoms with Gasteiger partial charge in [0.2, 0.25) is 0 Å². The molecule has 1 unspecified atom stereocenters. The molecule has 2 heteroatoms.